The summed E-state index contributed by atoms with van der Waals surface area (Å²) in [5.74, 6) is -0.225. The number of rotatable bonds is 4. The van der Waals surface area contributed by atoms with E-state index in [1.165, 1.54) is 13.0 Å². The van der Waals surface area contributed by atoms with Crippen LogP contribution in [0.2, 0.25) is 0 Å². The topological polar surface area (TPSA) is 69.4 Å². The van der Waals surface area contributed by atoms with Gasteiger partial charge in [-0.15, -0.1) is 0 Å². The Morgan fingerprint density at radius 3 is 2.53 bits per heavy atom. The smallest absolute Gasteiger partial charge is 0.248 e. The molecule has 1 aromatic rings. The van der Waals surface area contributed by atoms with Crippen molar-refractivity contribution in [2.45, 2.75) is 13.8 Å². The molecule has 2 N–H and O–H groups in total. The van der Waals surface area contributed by atoms with Gasteiger partial charge in [-0.1, -0.05) is 0 Å². The SMILES string of the molecule is CCOc1ccc(C(N)=O)cc1C(C)=O. The molecule has 80 valence electrons. The summed E-state index contributed by atoms with van der Waals surface area (Å²) >= 11 is 0. The standard InChI is InChI=1S/C11H13NO3/c1-3-15-10-5-4-8(11(12)14)6-9(10)7(2)13/h4-6H,3H2,1-2H3,(H2,12,14). The fourth-order valence-corrected chi connectivity index (χ4v) is 1.24. The van der Waals surface area contributed by atoms with E-state index in [1.54, 1.807) is 12.1 Å². The zero-order valence-electron chi connectivity index (χ0n) is 8.74. The monoisotopic (exact) mass is 207 g/mol. The second-order valence-electron chi connectivity index (χ2n) is 3.06. The zero-order valence-corrected chi connectivity index (χ0v) is 8.74. The fourth-order valence-electron chi connectivity index (χ4n) is 1.24. The van der Waals surface area contributed by atoms with Crippen LogP contribution in [0.15, 0.2) is 18.2 Å². The number of amides is 1. The quantitative estimate of drug-likeness (QED) is 0.758. The van der Waals surface area contributed by atoms with Gasteiger partial charge < -0.3 is 10.5 Å². The third kappa shape index (κ3) is 2.56. The Kier molecular flexibility index (Phi) is 3.44. The van der Waals surface area contributed by atoms with Crippen molar-refractivity contribution >= 4 is 11.7 Å². The molecule has 0 radical (unpaired) electrons. The van der Waals surface area contributed by atoms with Crippen molar-refractivity contribution in [2.75, 3.05) is 6.61 Å². The van der Waals surface area contributed by atoms with Gasteiger partial charge in [-0.25, -0.2) is 0 Å². The number of ketones is 1. The van der Waals surface area contributed by atoms with E-state index >= 15 is 0 Å². The van der Waals surface area contributed by atoms with Crippen LogP contribution in [0.25, 0.3) is 0 Å². The lowest BCUT2D eigenvalue weighted by molar-refractivity contribution is 0.1000. The number of primary amides is 1. The van der Waals surface area contributed by atoms with Crippen molar-refractivity contribution in [3.63, 3.8) is 0 Å². The van der Waals surface area contributed by atoms with E-state index in [0.717, 1.165) is 0 Å². The minimum Gasteiger partial charge on any atom is -0.493 e. The van der Waals surface area contributed by atoms with E-state index in [4.69, 9.17) is 10.5 Å². The summed E-state index contributed by atoms with van der Waals surface area (Å²) in [5.41, 5.74) is 5.81. The first-order valence-corrected chi connectivity index (χ1v) is 4.63. The molecule has 1 rings (SSSR count). The molecule has 0 aromatic heterocycles. The first-order valence-electron chi connectivity index (χ1n) is 4.63. The van der Waals surface area contributed by atoms with Gasteiger partial charge in [-0.2, -0.15) is 0 Å². The van der Waals surface area contributed by atoms with Crippen molar-refractivity contribution < 1.29 is 14.3 Å². The molecule has 0 aliphatic rings. The molecule has 0 heterocycles. The molecule has 0 atom stereocenters. The van der Waals surface area contributed by atoms with Gasteiger partial charge in [0.2, 0.25) is 5.91 Å². The summed E-state index contributed by atoms with van der Waals surface area (Å²) in [6.07, 6.45) is 0. The fraction of sp³-hybridized carbons (Fsp3) is 0.273. The highest BCUT2D eigenvalue weighted by atomic mass is 16.5. The summed E-state index contributed by atoms with van der Waals surface area (Å²) in [7, 11) is 0. The Hall–Kier alpha value is -1.84. The zero-order chi connectivity index (χ0) is 11.4. The first kappa shape index (κ1) is 11.2. The molecule has 0 saturated carbocycles. The van der Waals surface area contributed by atoms with Crippen LogP contribution in [0, 0.1) is 0 Å². The Labute approximate surface area is 88.0 Å². The summed E-state index contributed by atoms with van der Waals surface area (Å²) in [6, 6.07) is 4.58. The summed E-state index contributed by atoms with van der Waals surface area (Å²) in [4.78, 5) is 22.2. The molecular formula is C11H13NO3. The number of hydrogen-bond donors (Lipinski definition) is 1. The van der Waals surface area contributed by atoms with Gasteiger partial charge in [0.25, 0.3) is 0 Å². The molecule has 15 heavy (non-hydrogen) atoms. The molecule has 0 spiro atoms. The van der Waals surface area contributed by atoms with Gasteiger partial charge in [0.15, 0.2) is 5.78 Å². The minimum atomic E-state index is -0.555. The maximum atomic E-state index is 11.3. The summed E-state index contributed by atoms with van der Waals surface area (Å²) < 4.78 is 5.26. The summed E-state index contributed by atoms with van der Waals surface area (Å²) in [6.45, 7) is 3.71. The van der Waals surface area contributed by atoms with E-state index in [2.05, 4.69) is 0 Å². The number of benzene rings is 1. The molecule has 0 unspecified atom stereocenters. The molecule has 0 aliphatic carbocycles. The van der Waals surface area contributed by atoms with Crippen molar-refractivity contribution in [3.8, 4) is 5.75 Å². The molecular weight excluding hydrogens is 194 g/mol. The molecule has 4 heteroatoms. The number of carbonyl (C=O) groups is 2. The maximum Gasteiger partial charge on any atom is 0.248 e. The predicted octanol–water partition coefficient (Wildman–Crippen LogP) is 1.39. The lowest BCUT2D eigenvalue weighted by atomic mass is 10.1. The molecule has 0 bridgehead atoms. The van der Waals surface area contributed by atoms with E-state index in [0.29, 0.717) is 23.5 Å². The van der Waals surface area contributed by atoms with Gasteiger partial charge in [-0.05, 0) is 32.0 Å². The van der Waals surface area contributed by atoms with E-state index in [9.17, 15) is 9.59 Å². The predicted molar refractivity (Wildman–Crippen MR) is 56.1 cm³/mol. The van der Waals surface area contributed by atoms with Crippen LogP contribution < -0.4 is 10.5 Å². The highest BCUT2D eigenvalue weighted by Crippen LogP contribution is 2.20. The average molecular weight is 207 g/mol. The minimum absolute atomic E-state index is 0.151. The van der Waals surface area contributed by atoms with E-state index < -0.39 is 5.91 Å². The van der Waals surface area contributed by atoms with Gasteiger partial charge >= 0.3 is 0 Å². The molecule has 0 fully saturated rings. The second-order valence-corrected chi connectivity index (χ2v) is 3.06. The average Bonchev–Trinajstić information content (AvgIpc) is 2.18. The Balaban J connectivity index is 3.20. The number of hydrogen-bond acceptors (Lipinski definition) is 3. The number of nitrogens with two attached hydrogens (primary N) is 1. The molecule has 0 saturated heterocycles. The Bertz CT molecular complexity index is 399. The van der Waals surface area contributed by atoms with Gasteiger partial charge in [0, 0.05) is 5.56 Å². The van der Waals surface area contributed by atoms with Crippen LogP contribution >= 0.6 is 0 Å². The summed E-state index contributed by atoms with van der Waals surface area (Å²) in [5, 5.41) is 0. The number of carbonyl (C=O) groups excluding carboxylic acids is 2. The van der Waals surface area contributed by atoms with Crippen LogP contribution in [0.5, 0.6) is 5.75 Å². The highest BCUT2D eigenvalue weighted by molar-refractivity contribution is 6.01. The van der Waals surface area contributed by atoms with Crippen molar-refractivity contribution in [2.24, 2.45) is 5.73 Å². The lowest BCUT2D eigenvalue weighted by Crippen LogP contribution is -2.12. The normalized spacial score (nSPS) is 9.73. The van der Waals surface area contributed by atoms with Crippen LogP contribution in [-0.2, 0) is 0 Å². The largest absolute Gasteiger partial charge is 0.493 e. The van der Waals surface area contributed by atoms with Gasteiger partial charge in [0.05, 0.1) is 12.2 Å². The number of Topliss-reactive ketones (excluding diaryl/α,β-unsaturated/α-hetero) is 1. The molecule has 1 aromatic carbocycles. The number of ether oxygens (including phenoxy) is 1. The molecule has 1 amide bonds. The third-order valence-electron chi connectivity index (χ3n) is 1.94. The van der Waals surface area contributed by atoms with Gasteiger partial charge in [0.1, 0.15) is 5.75 Å². The van der Waals surface area contributed by atoms with Gasteiger partial charge in [-0.3, -0.25) is 9.59 Å². The van der Waals surface area contributed by atoms with Crippen molar-refractivity contribution in [1.82, 2.24) is 0 Å². The Morgan fingerprint density at radius 2 is 2.07 bits per heavy atom. The van der Waals surface area contributed by atoms with Crippen LogP contribution in [-0.4, -0.2) is 18.3 Å². The van der Waals surface area contributed by atoms with Crippen LogP contribution in [0.1, 0.15) is 34.6 Å². The molecule has 0 aliphatic heterocycles. The maximum absolute atomic E-state index is 11.3. The highest BCUT2D eigenvalue weighted by Gasteiger charge is 2.11. The lowest BCUT2D eigenvalue weighted by Gasteiger charge is -2.08. The van der Waals surface area contributed by atoms with E-state index in [1.807, 2.05) is 6.92 Å². The van der Waals surface area contributed by atoms with Crippen molar-refractivity contribution in [3.05, 3.63) is 29.3 Å². The Morgan fingerprint density at radius 1 is 1.40 bits per heavy atom. The third-order valence-corrected chi connectivity index (χ3v) is 1.94. The molecule has 4 nitrogen and oxygen atoms in total. The van der Waals surface area contributed by atoms with Crippen LogP contribution in [0.3, 0.4) is 0 Å². The second kappa shape index (κ2) is 4.59. The first-order chi connectivity index (χ1) is 7.06. The van der Waals surface area contributed by atoms with Crippen molar-refractivity contribution in [1.29, 1.82) is 0 Å². The van der Waals surface area contributed by atoms with Crippen LogP contribution in [0.4, 0.5) is 0 Å². The van der Waals surface area contributed by atoms with E-state index in [-0.39, 0.29) is 5.78 Å².